The minimum atomic E-state index is -0.816. The van der Waals surface area contributed by atoms with Crippen molar-refractivity contribution in [1.82, 2.24) is 5.32 Å². The third kappa shape index (κ3) is 4.81. The van der Waals surface area contributed by atoms with E-state index in [-0.39, 0.29) is 23.8 Å². The Kier molecular flexibility index (Phi) is 6.20. The molecule has 1 aliphatic rings. The van der Waals surface area contributed by atoms with E-state index in [2.05, 4.69) is 12.2 Å². The van der Waals surface area contributed by atoms with Crippen LogP contribution in [0, 0.1) is 5.41 Å². The van der Waals surface area contributed by atoms with E-state index in [0.29, 0.717) is 12.8 Å². The van der Waals surface area contributed by atoms with Crippen LogP contribution in [0.3, 0.4) is 0 Å². The van der Waals surface area contributed by atoms with Crippen molar-refractivity contribution in [2.75, 3.05) is 0 Å². The van der Waals surface area contributed by atoms with E-state index in [9.17, 15) is 9.59 Å². The predicted octanol–water partition coefficient (Wildman–Crippen LogP) is 3.55. The van der Waals surface area contributed by atoms with Gasteiger partial charge in [0.2, 0.25) is 5.91 Å². The molecule has 1 aliphatic carbocycles. The van der Waals surface area contributed by atoms with Crippen molar-refractivity contribution >= 4 is 11.9 Å². The van der Waals surface area contributed by atoms with Crippen LogP contribution in [0.5, 0.6) is 0 Å². The summed E-state index contributed by atoms with van der Waals surface area (Å²) in [5, 5.41) is 12.1. The molecule has 4 heteroatoms. The van der Waals surface area contributed by atoms with Crippen LogP contribution in [0.2, 0.25) is 0 Å². The van der Waals surface area contributed by atoms with Gasteiger partial charge in [0, 0.05) is 17.9 Å². The number of benzene rings is 1. The second-order valence-electron chi connectivity index (χ2n) is 6.63. The molecule has 1 amide bonds. The molecule has 2 rings (SSSR count). The van der Waals surface area contributed by atoms with Crippen LogP contribution in [0.15, 0.2) is 30.3 Å². The SMILES string of the molecule is CCC1(C(=O)NC(CCC(=O)O)Cc2ccccc2)CCCC1. The quantitative estimate of drug-likeness (QED) is 0.770. The zero-order valence-corrected chi connectivity index (χ0v) is 13.9. The second kappa shape index (κ2) is 8.14. The Morgan fingerprint density at radius 2 is 1.87 bits per heavy atom. The first-order valence-electron chi connectivity index (χ1n) is 8.62. The first kappa shape index (κ1) is 17.5. The molecule has 0 aliphatic heterocycles. The van der Waals surface area contributed by atoms with Crippen molar-refractivity contribution in [2.45, 2.75) is 64.3 Å². The number of carboxylic acid groups (broad SMARTS) is 1. The number of hydrogen-bond acceptors (Lipinski definition) is 2. The lowest BCUT2D eigenvalue weighted by Gasteiger charge is -2.29. The summed E-state index contributed by atoms with van der Waals surface area (Å²) >= 11 is 0. The molecular formula is C19H27NO3. The number of carbonyl (C=O) groups excluding carboxylic acids is 1. The maximum atomic E-state index is 12.8. The number of rotatable bonds is 8. The Morgan fingerprint density at radius 1 is 1.22 bits per heavy atom. The number of nitrogens with one attached hydrogen (secondary N) is 1. The molecule has 0 bridgehead atoms. The zero-order valence-electron chi connectivity index (χ0n) is 13.9. The largest absolute Gasteiger partial charge is 0.481 e. The van der Waals surface area contributed by atoms with Crippen molar-refractivity contribution in [3.8, 4) is 0 Å². The third-order valence-electron chi connectivity index (χ3n) is 5.09. The average molecular weight is 317 g/mol. The minimum Gasteiger partial charge on any atom is -0.481 e. The summed E-state index contributed by atoms with van der Waals surface area (Å²) in [5.41, 5.74) is 0.887. The molecule has 0 radical (unpaired) electrons. The Bertz CT molecular complexity index is 521. The van der Waals surface area contributed by atoms with Gasteiger partial charge in [-0.25, -0.2) is 0 Å². The van der Waals surface area contributed by atoms with Crippen molar-refractivity contribution in [2.24, 2.45) is 5.41 Å². The van der Waals surface area contributed by atoms with Crippen LogP contribution in [-0.2, 0) is 16.0 Å². The third-order valence-corrected chi connectivity index (χ3v) is 5.09. The van der Waals surface area contributed by atoms with Crippen molar-refractivity contribution < 1.29 is 14.7 Å². The molecule has 0 heterocycles. The van der Waals surface area contributed by atoms with Gasteiger partial charge < -0.3 is 10.4 Å². The lowest BCUT2D eigenvalue weighted by molar-refractivity contribution is -0.138. The highest BCUT2D eigenvalue weighted by molar-refractivity contribution is 5.83. The summed E-state index contributed by atoms with van der Waals surface area (Å²) in [7, 11) is 0. The monoisotopic (exact) mass is 317 g/mol. The van der Waals surface area contributed by atoms with Crippen LogP contribution in [0.25, 0.3) is 0 Å². The van der Waals surface area contributed by atoms with Crippen LogP contribution >= 0.6 is 0 Å². The Morgan fingerprint density at radius 3 is 2.43 bits per heavy atom. The Labute approximate surface area is 138 Å². The van der Waals surface area contributed by atoms with Crippen LogP contribution in [0.1, 0.15) is 57.4 Å². The average Bonchev–Trinajstić information content (AvgIpc) is 3.04. The fourth-order valence-corrected chi connectivity index (χ4v) is 3.55. The summed E-state index contributed by atoms with van der Waals surface area (Å²) in [5.74, 6) is -0.702. The van der Waals surface area contributed by atoms with Crippen LogP contribution in [-0.4, -0.2) is 23.0 Å². The smallest absolute Gasteiger partial charge is 0.303 e. The van der Waals surface area contributed by atoms with Gasteiger partial charge in [-0.1, -0.05) is 50.1 Å². The molecule has 1 fully saturated rings. The molecule has 1 atom stereocenters. The lowest BCUT2D eigenvalue weighted by atomic mass is 9.82. The highest BCUT2D eigenvalue weighted by atomic mass is 16.4. The number of carboxylic acids is 1. The molecule has 126 valence electrons. The standard InChI is InChI=1S/C19H27NO3/c1-2-19(12-6-7-13-19)18(23)20-16(10-11-17(21)22)14-15-8-4-3-5-9-15/h3-5,8-9,16H,2,6-7,10-14H2,1H3,(H,20,23)(H,21,22). The summed E-state index contributed by atoms with van der Waals surface area (Å²) < 4.78 is 0. The van der Waals surface area contributed by atoms with Gasteiger partial charge in [-0.05, 0) is 37.7 Å². The molecular weight excluding hydrogens is 290 g/mol. The van der Waals surface area contributed by atoms with E-state index in [1.807, 2.05) is 30.3 Å². The molecule has 23 heavy (non-hydrogen) atoms. The normalized spacial score (nSPS) is 17.6. The lowest BCUT2D eigenvalue weighted by Crippen LogP contribution is -2.45. The van der Waals surface area contributed by atoms with E-state index in [1.54, 1.807) is 0 Å². The maximum absolute atomic E-state index is 12.8. The fourth-order valence-electron chi connectivity index (χ4n) is 3.55. The van der Waals surface area contributed by atoms with E-state index in [0.717, 1.165) is 37.7 Å². The summed E-state index contributed by atoms with van der Waals surface area (Å²) in [4.78, 5) is 23.7. The molecule has 0 aromatic heterocycles. The van der Waals surface area contributed by atoms with Gasteiger partial charge in [0.05, 0.1) is 0 Å². The van der Waals surface area contributed by atoms with Crippen molar-refractivity contribution in [1.29, 1.82) is 0 Å². The molecule has 2 N–H and O–H groups in total. The van der Waals surface area contributed by atoms with Gasteiger partial charge in [-0.2, -0.15) is 0 Å². The van der Waals surface area contributed by atoms with Gasteiger partial charge in [0.15, 0.2) is 0 Å². The molecule has 1 saturated carbocycles. The summed E-state index contributed by atoms with van der Waals surface area (Å²) in [6.45, 7) is 2.08. The number of amides is 1. The molecule has 1 unspecified atom stereocenters. The Hall–Kier alpha value is -1.84. The molecule has 1 aromatic rings. The van der Waals surface area contributed by atoms with Gasteiger partial charge in [-0.15, -0.1) is 0 Å². The fraction of sp³-hybridized carbons (Fsp3) is 0.579. The number of hydrogen-bond donors (Lipinski definition) is 2. The van der Waals surface area contributed by atoms with E-state index in [1.165, 1.54) is 0 Å². The van der Waals surface area contributed by atoms with Crippen LogP contribution < -0.4 is 5.32 Å². The van der Waals surface area contributed by atoms with E-state index >= 15 is 0 Å². The summed E-state index contributed by atoms with van der Waals surface area (Å²) in [6, 6.07) is 9.81. The first-order valence-corrected chi connectivity index (χ1v) is 8.62. The van der Waals surface area contributed by atoms with Gasteiger partial charge in [-0.3, -0.25) is 9.59 Å². The van der Waals surface area contributed by atoms with Gasteiger partial charge in [0.25, 0.3) is 0 Å². The van der Waals surface area contributed by atoms with Gasteiger partial charge >= 0.3 is 5.97 Å². The minimum absolute atomic E-state index is 0.0803. The molecule has 0 saturated heterocycles. The van der Waals surface area contributed by atoms with Crippen molar-refractivity contribution in [3.63, 3.8) is 0 Å². The topological polar surface area (TPSA) is 66.4 Å². The highest BCUT2D eigenvalue weighted by Crippen LogP contribution is 2.41. The predicted molar refractivity (Wildman–Crippen MR) is 90.1 cm³/mol. The van der Waals surface area contributed by atoms with E-state index in [4.69, 9.17) is 5.11 Å². The second-order valence-corrected chi connectivity index (χ2v) is 6.63. The zero-order chi connectivity index (χ0) is 16.7. The van der Waals surface area contributed by atoms with Crippen molar-refractivity contribution in [3.05, 3.63) is 35.9 Å². The molecule has 4 nitrogen and oxygen atoms in total. The molecule has 1 aromatic carbocycles. The molecule has 0 spiro atoms. The first-order chi connectivity index (χ1) is 11.1. The summed E-state index contributed by atoms with van der Waals surface area (Å²) in [6.07, 6.45) is 6.21. The van der Waals surface area contributed by atoms with Gasteiger partial charge in [0.1, 0.15) is 0 Å². The number of aliphatic carboxylic acids is 1. The Balaban J connectivity index is 2.04. The van der Waals surface area contributed by atoms with Crippen LogP contribution in [0.4, 0.5) is 0 Å². The van der Waals surface area contributed by atoms with E-state index < -0.39 is 5.97 Å². The maximum Gasteiger partial charge on any atom is 0.303 e. The highest BCUT2D eigenvalue weighted by Gasteiger charge is 2.39. The number of carbonyl (C=O) groups is 2.